The highest BCUT2D eigenvalue weighted by molar-refractivity contribution is 7.80. The van der Waals surface area contributed by atoms with E-state index in [1.165, 1.54) is 34.7 Å². The molecule has 0 bridgehead atoms. The summed E-state index contributed by atoms with van der Waals surface area (Å²) in [6.45, 7) is 4.66. The van der Waals surface area contributed by atoms with Gasteiger partial charge in [0.25, 0.3) is 5.91 Å². The molecular weight excluding hydrogens is 353 g/mol. The number of hydrogen-bond acceptors (Lipinski definition) is 3. The number of rotatable bonds is 4. The minimum Gasteiger partial charge on any atom is -0.370 e. The topological polar surface area (TPSA) is 54.8 Å². The molecule has 1 fully saturated rings. The molecule has 1 aliphatic rings. The Morgan fingerprint density at radius 1 is 1.08 bits per heavy atom. The van der Waals surface area contributed by atoms with Crippen molar-refractivity contribution in [3.63, 3.8) is 0 Å². The highest BCUT2D eigenvalue weighted by atomic mass is 32.1. The number of anilines is 1. The van der Waals surface area contributed by atoms with Crippen LogP contribution in [0.15, 0.2) is 48.5 Å². The monoisotopic (exact) mass is 374 g/mol. The number of nitrogens with one attached hydrogen (secondary N) is 3. The molecular formula is C19H21FN3O2S+. The normalized spacial score (nSPS) is 14.7. The molecule has 0 aliphatic carbocycles. The first kappa shape index (κ1) is 18.4. The average molecular weight is 374 g/mol. The maximum absolute atomic E-state index is 12.9. The van der Waals surface area contributed by atoms with Crippen LogP contribution >= 0.6 is 12.2 Å². The molecule has 0 saturated carbocycles. The van der Waals surface area contributed by atoms with Gasteiger partial charge in [-0.2, -0.15) is 0 Å². The summed E-state index contributed by atoms with van der Waals surface area (Å²) in [5.74, 6) is -0.767. The fraction of sp³-hybridized carbons (Fsp3) is 0.263. The van der Waals surface area contributed by atoms with Crippen molar-refractivity contribution in [1.29, 1.82) is 0 Å². The van der Waals surface area contributed by atoms with Gasteiger partial charge >= 0.3 is 0 Å². The quantitative estimate of drug-likeness (QED) is 0.708. The van der Waals surface area contributed by atoms with Crippen molar-refractivity contribution < 1.29 is 18.8 Å². The van der Waals surface area contributed by atoms with Crippen molar-refractivity contribution in [1.82, 2.24) is 5.32 Å². The van der Waals surface area contributed by atoms with Crippen LogP contribution in [0.1, 0.15) is 15.9 Å². The van der Waals surface area contributed by atoms with Gasteiger partial charge in [-0.15, -0.1) is 0 Å². The van der Waals surface area contributed by atoms with E-state index in [9.17, 15) is 9.18 Å². The van der Waals surface area contributed by atoms with Gasteiger partial charge in [0.15, 0.2) is 5.11 Å². The fourth-order valence-electron chi connectivity index (χ4n) is 2.77. The molecule has 1 amide bonds. The number of amides is 1. The van der Waals surface area contributed by atoms with Gasteiger partial charge in [-0.1, -0.05) is 12.1 Å². The first-order valence-electron chi connectivity index (χ1n) is 8.48. The fourth-order valence-corrected chi connectivity index (χ4v) is 2.98. The molecule has 2 aromatic rings. The lowest BCUT2D eigenvalue weighted by atomic mass is 10.2. The molecule has 3 N–H and O–H groups in total. The summed E-state index contributed by atoms with van der Waals surface area (Å²) < 4.78 is 18.3. The first-order valence-corrected chi connectivity index (χ1v) is 8.89. The van der Waals surface area contributed by atoms with E-state index in [2.05, 4.69) is 22.8 Å². The van der Waals surface area contributed by atoms with Gasteiger partial charge in [0.1, 0.15) is 25.5 Å². The molecule has 0 aromatic heterocycles. The Labute approximate surface area is 157 Å². The zero-order chi connectivity index (χ0) is 18.4. The first-order chi connectivity index (χ1) is 12.6. The summed E-state index contributed by atoms with van der Waals surface area (Å²) in [5.41, 5.74) is 2.39. The SMILES string of the molecule is O=C(NC(=S)Nc1ccc(C[NH+]2CCOCC2)cc1)c1ccc(F)cc1. The lowest BCUT2D eigenvalue weighted by Gasteiger charge is -2.23. The summed E-state index contributed by atoms with van der Waals surface area (Å²) in [7, 11) is 0. The van der Waals surface area contributed by atoms with Gasteiger partial charge in [0.05, 0.1) is 13.2 Å². The Kier molecular flexibility index (Phi) is 6.27. The standard InChI is InChI=1S/C19H20FN3O2S/c20-16-5-3-15(4-6-16)18(24)22-19(26)21-17-7-1-14(2-8-17)13-23-9-11-25-12-10-23/h1-8H,9-13H2,(H2,21,22,24,26)/p+1. The summed E-state index contributed by atoms with van der Waals surface area (Å²) >= 11 is 5.17. The lowest BCUT2D eigenvalue weighted by Crippen LogP contribution is -3.12. The maximum Gasteiger partial charge on any atom is 0.257 e. The van der Waals surface area contributed by atoms with Gasteiger partial charge in [0, 0.05) is 16.8 Å². The molecule has 7 heteroatoms. The summed E-state index contributed by atoms with van der Waals surface area (Å²) in [6, 6.07) is 13.3. The molecule has 1 aliphatic heterocycles. The summed E-state index contributed by atoms with van der Waals surface area (Å²) in [6.07, 6.45) is 0. The molecule has 1 saturated heterocycles. The molecule has 0 unspecified atom stereocenters. The zero-order valence-electron chi connectivity index (χ0n) is 14.3. The Balaban J connectivity index is 1.50. The van der Waals surface area contributed by atoms with Crippen LogP contribution in [0.5, 0.6) is 0 Å². The number of benzene rings is 2. The largest absolute Gasteiger partial charge is 0.370 e. The predicted molar refractivity (Wildman–Crippen MR) is 102 cm³/mol. The van der Waals surface area contributed by atoms with Crippen LogP contribution in [0.25, 0.3) is 0 Å². The number of halogens is 1. The molecule has 1 heterocycles. The van der Waals surface area contributed by atoms with E-state index in [4.69, 9.17) is 17.0 Å². The molecule has 3 rings (SSSR count). The van der Waals surface area contributed by atoms with E-state index in [-0.39, 0.29) is 16.8 Å². The molecule has 0 radical (unpaired) electrons. The number of carbonyl (C=O) groups excluding carboxylic acids is 1. The van der Waals surface area contributed by atoms with Gasteiger partial charge in [-0.25, -0.2) is 4.39 Å². The average Bonchev–Trinajstić information content (AvgIpc) is 2.64. The van der Waals surface area contributed by atoms with Crippen LogP contribution in [-0.4, -0.2) is 37.3 Å². The minimum absolute atomic E-state index is 0.200. The zero-order valence-corrected chi connectivity index (χ0v) is 15.1. The van der Waals surface area contributed by atoms with Crippen LogP contribution in [-0.2, 0) is 11.3 Å². The van der Waals surface area contributed by atoms with E-state index < -0.39 is 0 Å². The second kappa shape index (κ2) is 8.84. The lowest BCUT2D eigenvalue weighted by molar-refractivity contribution is -0.921. The Morgan fingerprint density at radius 3 is 2.38 bits per heavy atom. The van der Waals surface area contributed by atoms with E-state index in [0.717, 1.165) is 38.5 Å². The van der Waals surface area contributed by atoms with Gasteiger partial charge in [-0.05, 0) is 48.6 Å². The highest BCUT2D eigenvalue weighted by Gasteiger charge is 2.14. The number of carbonyl (C=O) groups is 1. The van der Waals surface area contributed by atoms with E-state index in [0.29, 0.717) is 5.56 Å². The van der Waals surface area contributed by atoms with Crippen molar-refractivity contribution in [2.75, 3.05) is 31.6 Å². The number of hydrogen-bond donors (Lipinski definition) is 3. The molecule has 26 heavy (non-hydrogen) atoms. The van der Waals surface area contributed by atoms with Crippen LogP contribution in [0.2, 0.25) is 0 Å². The van der Waals surface area contributed by atoms with Gasteiger partial charge in [-0.3, -0.25) is 10.1 Å². The van der Waals surface area contributed by atoms with Gasteiger partial charge < -0.3 is 15.0 Å². The second-order valence-electron chi connectivity index (χ2n) is 6.15. The van der Waals surface area contributed by atoms with Crippen molar-refractivity contribution in [3.8, 4) is 0 Å². The molecule has 0 spiro atoms. The van der Waals surface area contributed by atoms with Crippen LogP contribution in [0, 0.1) is 5.82 Å². The predicted octanol–water partition coefficient (Wildman–Crippen LogP) is 1.37. The van der Waals surface area contributed by atoms with Crippen molar-refractivity contribution in [2.24, 2.45) is 0 Å². The van der Waals surface area contributed by atoms with E-state index in [1.807, 2.05) is 12.1 Å². The number of thiocarbonyl (C=S) groups is 1. The van der Waals surface area contributed by atoms with Crippen LogP contribution < -0.4 is 15.5 Å². The molecule has 2 aromatic carbocycles. The van der Waals surface area contributed by atoms with E-state index in [1.54, 1.807) is 0 Å². The number of ether oxygens (including phenoxy) is 1. The molecule has 0 atom stereocenters. The second-order valence-corrected chi connectivity index (χ2v) is 6.56. The van der Waals surface area contributed by atoms with Crippen LogP contribution in [0.3, 0.4) is 0 Å². The number of morpholine rings is 1. The van der Waals surface area contributed by atoms with Gasteiger partial charge in [0.2, 0.25) is 0 Å². The van der Waals surface area contributed by atoms with Crippen molar-refractivity contribution in [3.05, 3.63) is 65.5 Å². The summed E-state index contributed by atoms with van der Waals surface area (Å²) in [5, 5.41) is 5.77. The molecule has 5 nitrogen and oxygen atoms in total. The van der Waals surface area contributed by atoms with Crippen LogP contribution in [0.4, 0.5) is 10.1 Å². The third kappa shape index (κ3) is 5.32. The van der Waals surface area contributed by atoms with Crippen molar-refractivity contribution in [2.45, 2.75) is 6.54 Å². The summed E-state index contributed by atoms with van der Waals surface area (Å²) in [4.78, 5) is 13.6. The third-order valence-electron chi connectivity index (χ3n) is 4.20. The maximum atomic E-state index is 12.9. The smallest absolute Gasteiger partial charge is 0.257 e. The Morgan fingerprint density at radius 2 is 1.73 bits per heavy atom. The Hall–Kier alpha value is -2.35. The minimum atomic E-state index is -0.388. The number of quaternary nitrogens is 1. The molecule has 136 valence electrons. The van der Waals surface area contributed by atoms with E-state index >= 15 is 0 Å². The third-order valence-corrected chi connectivity index (χ3v) is 4.40. The Bertz CT molecular complexity index is 759. The van der Waals surface area contributed by atoms with Crippen molar-refractivity contribution >= 4 is 28.9 Å². The highest BCUT2D eigenvalue weighted by Crippen LogP contribution is 2.09.